The highest BCUT2D eigenvalue weighted by Crippen LogP contribution is 2.23. The number of hydrogen-bond donors (Lipinski definition) is 2. The summed E-state index contributed by atoms with van der Waals surface area (Å²) in [6.45, 7) is 0.428. The number of anilines is 1. The fraction of sp³-hybridized carbons (Fsp3) is 0.154. The van der Waals surface area contributed by atoms with Crippen molar-refractivity contribution in [3.8, 4) is 5.75 Å². The van der Waals surface area contributed by atoms with Crippen LogP contribution < -0.4 is 15.8 Å². The second-order valence-corrected chi connectivity index (χ2v) is 5.63. The number of amides is 1. The van der Waals surface area contributed by atoms with E-state index in [0.717, 1.165) is 10.0 Å². The number of benzene rings is 1. The Balaban J connectivity index is 2.01. The molecule has 100 valence electrons. The van der Waals surface area contributed by atoms with E-state index in [1.165, 1.54) is 11.3 Å². The Morgan fingerprint density at radius 1 is 1.47 bits per heavy atom. The van der Waals surface area contributed by atoms with Crippen molar-refractivity contribution in [1.82, 2.24) is 5.32 Å². The third-order valence-electron chi connectivity index (χ3n) is 2.57. The smallest absolute Gasteiger partial charge is 0.262 e. The van der Waals surface area contributed by atoms with E-state index in [9.17, 15) is 4.79 Å². The first-order chi connectivity index (χ1) is 9.11. The molecule has 0 fully saturated rings. The molecule has 0 unspecified atom stereocenters. The first-order valence-electron chi connectivity index (χ1n) is 5.55. The second-order valence-electron chi connectivity index (χ2n) is 3.86. The summed E-state index contributed by atoms with van der Waals surface area (Å²) < 4.78 is 5.89. The maximum absolute atomic E-state index is 11.9. The molecule has 0 bridgehead atoms. The number of thiophene rings is 1. The molecule has 0 aliphatic rings. The van der Waals surface area contributed by atoms with Gasteiger partial charge in [0.2, 0.25) is 0 Å². The Bertz CT molecular complexity index is 598. The number of methoxy groups -OCH3 is 1. The molecule has 0 atom stereocenters. The molecule has 0 saturated carbocycles. The lowest BCUT2D eigenvalue weighted by atomic mass is 10.2. The fourth-order valence-electron chi connectivity index (χ4n) is 1.61. The monoisotopic (exact) mass is 340 g/mol. The molecular weight excluding hydrogens is 328 g/mol. The van der Waals surface area contributed by atoms with Crippen molar-refractivity contribution < 1.29 is 9.53 Å². The Kier molecular flexibility index (Phi) is 4.44. The highest BCUT2D eigenvalue weighted by molar-refractivity contribution is 9.10. The van der Waals surface area contributed by atoms with Crippen molar-refractivity contribution in [2.24, 2.45) is 0 Å². The molecule has 0 aliphatic heterocycles. The lowest BCUT2D eigenvalue weighted by molar-refractivity contribution is 0.0954. The lowest BCUT2D eigenvalue weighted by Crippen LogP contribution is -2.22. The van der Waals surface area contributed by atoms with E-state index in [4.69, 9.17) is 10.5 Å². The Hall–Kier alpha value is -1.53. The van der Waals surface area contributed by atoms with Crippen LogP contribution in [-0.2, 0) is 6.54 Å². The van der Waals surface area contributed by atoms with E-state index in [2.05, 4.69) is 21.2 Å². The first kappa shape index (κ1) is 13.9. The van der Waals surface area contributed by atoms with Gasteiger partial charge >= 0.3 is 0 Å². The van der Waals surface area contributed by atoms with E-state index in [1.54, 1.807) is 19.2 Å². The molecular formula is C13H13BrN2O2S. The summed E-state index contributed by atoms with van der Waals surface area (Å²) in [6, 6.07) is 7.31. The van der Waals surface area contributed by atoms with Crippen LogP contribution in [-0.4, -0.2) is 13.0 Å². The molecule has 4 nitrogen and oxygen atoms in total. The zero-order valence-corrected chi connectivity index (χ0v) is 12.7. The number of carbonyl (C=O) groups is 1. The zero-order valence-electron chi connectivity index (χ0n) is 10.3. The van der Waals surface area contributed by atoms with Gasteiger partial charge in [0.25, 0.3) is 5.91 Å². The van der Waals surface area contributed by atoms with Crippen molar-refractivity contribution >= 4 is 38.9 Å². The minimum Gasteiger partial charge on any atom is -0.495 e. The summed E-state index contributed by atoms with van der Waals surface area (Å²) in [5, 5.41) is 4.72. The number of carbonyl (C=O) groups excluding carboxylic acids is 1. The van der Waals surface area contributed by atoms with E-state index in [1.807, 2.05) is 17.5 Å². The van der Waals surface area contributed by atoms with Crippen molar-refractivity contribution in [2.75, 3.05) is 12.8 Å². The van der Waals surface area contributed by atoms with Crippen LogP contribution in [0.1, 0.15) is 15.2 Å². The van der Waals surface area contributed by atoms with Crippen LogP contribution >= 0.6 is 27.3 Å². The van der Waals surface area contributed by atoms with Crippen molar-refractivity contribution in [3.63, 3.8) is 0 Å². The van der Waals surface area contributed by atoms with Crippen molar-refractivity contribution in [2.45, 2.75) is 6.54 Å². The number of nitrogens with one attached hydrogen (secondary N) is 1. The fourth-order valence-corrected chi connectivity index (χ4v) is 3.08. The summed E-state index contributed by atoms with van der Waals surface area (Å²) in [7, 11) is 1.57. The lowest BCUT2D eigenvalue weighted by Gasteiger charge is -2.08. The minimum absolute atomic E-state index is 0.101. The van der Waals surface area contributed by atoms with Crippen LogP contribution in [0.3, 0.4) is 0 Å². The van der Waals surface area contributed by atoms with Gasteiger partial charge in [-0.2, -0.15) is 0 Å². The molecule has 1 heterocycles. The molecule has 1 aromatic carbocycles. The normalized spacial score (nSPS) is 10.2. The van der Waals surface area contributed by atoms with Crippen LogP contribution in [0.15, 0.2) is 34.1 Å². The van der Waals surface area contributed by atoms with Gasteiger partial charge in [0.1, 0.15) is 10.6 Å². The molecule has 2 aromatic rings. The maximum Gasteiger partial charge on any atom is 0.262 e. The van der Waals surface area contributed by atoms with Crippen molar-refractivity contribution in [1.29, 1.82) is 0 Å². The van der Waals surface area contributed by atoms with Crippen LogP contribution in [0.2, 0.25) is 0 Å². The van der Waals surface area contributed by atoms with Gasteiger partial charge in [-0.25, -0.2) is 0 Å². The van der Waals surface area contributed by atoms with Gasteiger partial charge < -0.3 is 15.8 Å². The molecule has 19 heavy (non-hydrogen) atoms. The second kappa shape index (κ2) is 6.08. The number of nitrogen functional groups attached to an aromatic ring is 1. The molecule has 0 radical (unpaired) electrons. The topological polar surface area (TPSA) is 64.3 Å². The Morgan fingerprint density at radius 3 is 2.84 bits per heavy atom. The Morgan fingerprint density at radius 2 is 2.26 bits per heavy atom. The Labute approximate surface area is 123 Å². The number of halogens is 1. The summed E-state index contributed by atoms with van der Waals surface area (Å²) >= 11 is 4.74. The largest absolute Gasteiger partial charge is 0.495 e. The minimum atomic E-state index is -0.101. The highest BCUT2D eigenvalue weighted by Gasteiger charge is 2.11. The highest BCUT2D eigenvalue weighted by atomic mass is 79.9. The molecule has 1 aromatic heterocycles. The van der Waals surface area contributed by atoms with Gasteiger partial charge in [0.05, 0.1) is 12.8 Å². The zero-order chi connectivity index (χ0) is 13.8. The number of ether oxygens (including phenoxy) is 1. The van der Waals surface area contributed by atoms with Gasteiger partial charge in [-0.05, 0) is 45.1 Å². The van der Waals surface area contributed by atoms with Gasteiger partial charge in [-0.3, -0.25) is 4.79 Å². The van der Waals surface area contributed by atoms with E-state index >= 15 is 0 Å². The summed E-state index contributed by atoms with van der Waals surface area (Å²) in [5.74, 6) is 0.535. The van der Waals surface area contributed by atoms with E-state index in [-0.39, 0.29) is 5.91 Å². The van der Waals surface area contributed by atoms with Crippen LogP contribution in [0, 0.1) is 0 Å². The van der Waals surface area contributed by atoms with Gasteiger partial charge in [-0.15, -0.1) is 11.3 Å². The van der Waals surface area contributed by atoms with E-state index < -0.39 is 0 Å². The molecule has 2 rings (SSSR count). The quantitative estimate of drug-likeness (QED) is 0.840. The molecule has 0 saturated heterocycles. The molecule has 3 N–H and O–H groups in total. The summed E-state index contributed by atoms with van der Waals surface area (Å²) in [4.78, 5) is 12.6. The van der Waals surface area contributed by atoms with E-state index in [0.29, 0.717) is 22.9 Å². The molecule has 0 aliphatic carbocycles. The predicted octanol–water partition coefficient (Wildman–Crippen LogP) is 3.03. The van der Waals surface area contributed by atoms with Crippen LogP contribution in [0.5, 0.6) is 5.75 Å². The first-order valence-corrected chi connectivity index (χ1v) is 7.22. The summed E-state index contributed by atoms with van der Waals surface area (Å²) in [5.41, 5.74) is 7.31. The standard InChI is InChI=1S/C13H13BrN2O2S/c1-18-11-3-2-8(6-10(11)15)7-16-13(17)12-9(14)4-5-19-12/h2-6H,7,15H2,1H3,(H,16,17). The van der Waals surface area contributed by atoms with Crippen LogP contribution in [0.4, 0.5) is 5.69 Å². The third-order valence-corrected chi connectivity index (χ3v) is 4.41. The third kappa shape index (κ3) is 3.27. The van der Waals surface area contributed by atoms with Gasteiger partial charge in [-0.1, -0.05) is 6.07 Å². The van der Waals surface area contributed by atoms with Crippen molar-refractivity contribution in [3.05, 3.63) is 44.6 Å². The number of nitrogens with two attached hydrogens (primary N) is 1. The van der Waals surface area contributed by atoms with Crippen LogP contribution in [0.25, 0.3) is 0 Å². The van der Waals surface area contributed by atoms with Gasteiger partial charge in [0.15, 0.2) is 0 Å². The average molecular weight is 341 g/mol. The number of rotatable bonds is 4. The maximum atomic E-state index is 11.9. The average Bonchev–Trinajstić information content (AvgIpc) is 2.82. The molecule has 0 spiro atoms. The molecule has 6 heteroatoms. The SMILES string of the molecule is COc1ccc(CNC(=O)c2sccc2Br)cc1N. The number of hydrogen-bond acceptors (Lipinski definition) is 4. The summed E-state index contributed by atoms with van der Waals surface area (Å²) in [6.07, 6.45) is 0. The molecule has 1 amide bonds. The van der Waals surface area contributed by atoms with Gasteiger partial charge in [0, 0.05) is 11.0 Å². The predicted molar refractivity (Wildman–Crippen MR) is 80.6 cm³/mol.